The summed E-state index contributed by atoms with van der Waals surface area (Å²) >= 11 is 5.14. The summed E-state index contributed by atoms with van der Waals surface area (Å²) in [6.45, 7) is 6.24. The Labute approximate surface area is 157 Å². The van der Waals surface area contributed by atoms with E-state index >= 15 is 0 Å². The van der Waals surface area contributed by atoms with Gasteiger partial charge in [-0.2, -0.15) is 0 Å². The third-order valence-corrected chi connectivity index (χ3v) is 6.51. The molecule has 2 saturated heterocycles. The van der Waals surface area contributed by atoms with E-state index in [0.29, 0.717) is 11.7 Å². The van der Waals surface area contributed by atoms with Crippen LogP contribution in [0.25, 0.3) is 0 Å². The fourth-order valence-electron chi connectivity index (χ4n) is 3.47. The molecule has 1 aromatic carbocycles. The Morgan fingerprint density at radius 3 is 2.57 bits per heavy atom. The number of benzene rings is 1. The van der Waals surface area contributed by atoms with E-state index in [2.05, 4.69) is 45.2 Å². The van der Waals surface area contributed by atoms with Crippen LogP contribution in [0.4, 0.5) is 0 Å². The molecule has 1 aromatic rings. The van der Waals surface area contributed by atoms with Crippen LogP contribution in [0.1, 0.15) is 18.4 Å². The molecule has 128 valence electrons. The topological polar surface area (TPSA) is 32.3 Å². The average Bonchev–Trinajstić information content (AvgIpc) is 2.85. The standard InChI is InChI=1S/C17H23BrN2OS.ClH/c1-12-8-15(18)2-3-16(12)22-11-17(21)20-6-4-13-9-19-10-14(13)5-7-20;/h2-3,8,13-14,19H,4-7,9-11H2,1H3;1H/t13-,14+;. The predicted octanol–water partition coefficient (Wildman–Crippen LogP) is 3.73. The lowest BCUT2D eigenvalue weighted by Gasteiger charge is -2.21. The van der Waals surface area contributed by atoms with Gasteiger partial charge < -0.3 is 10.2 Å². The maximum Gasteiger partial charge on any atom is 0.232 e. The van der Waals surface area contributed by atoms with Crippen LogP contribution < -0.4 is 5.32 Å². The fourth-order valence-corrected chi connectivity index (χ4v) is 4.86. The highest BCUT2D eigenvalue weighted by atomic mass is 79.9. The Kier molecular flexibility index (Phi) is 7.26. The Balaban J connectivity index is 0.00000192. The van der Waals surface area contributed by atoms with E-state index in [1.807, 2.05) is 6.07 Å². The van der Waals surface area contributed by atoms with Crippen molar-refractivity contribution in [3.8, 4) is 0 Å². The highest BCUT2D eigenvalue weighted by Crippen LogP contribution is 2.29. The molecule has 1 amide bonds. The minimum Gasteiger partial charge on any atom is -0.342 e. The number of hydrogen-bond donors (Lipinski definition) is 1. The van der Waals surface area contributed by atoms with E-state index in [-0.39, 0.29) is 12.4 Å². The number of nitrogens with one attached hydrogen (secondary N) is 1. The predicted molar refractivity (Wildman–Crippen MR) is 103 cm³/mol. The molecule has 0 saturated carbocycles. The van der Waals surface area contributed by atoms with Crippen LogP contribution in [-0.4, -0.2) is 42.7 Å². The van der Waals surface area contributed by atoms with E-state index in [1.165, 1.54) is 10.5 Å². The van der Waals surface area contributed by atoms with Gasteiger partial charge in [0.25, 0.3) is 0 Å². The number of fused-ring (bicyclic) bond motifs is 1. The second-order valence-corrected chi connectivity index (χ2v) is 8.27. The summed E-state index contributed by atoms with van der Waals surface area (Å²) < 4.78 is 1.09. The molecule has 0 bridgehead atoms. The van der Waals surface area contributed by atoms with Crippen LogP contribution in [-0.2, 0) is 4.79 Å². The molecule has 3 rings (SSSR count). The Bertz CT molecular complexity index is 543. The van der Waals surface area contributed by atoms with Crippen LogP contribution in [0.5, 0.6) is 0 Å². The minimum absolute atomic E-state index is 0. The Hall–Kier alpha value is -0.230. The number of carbonyl (C=O) groups is 1. The molecule has 3 nitrogen and oxygen atoms in total. The molecule has 6 heteroatoms. The first kappa shape index (κ1) is 19.1. The van der Waals surface area contributed by atoms with Gasteiger partial charge in [0.2, 0.25) is 5.91 Å². The number of hydrogen-bond acceptors (Lipinski definition) is 3. The lowest BCUT2D eigenvalue weighted by atomic mass is 9.92. The number of halogens is 2. The largest absolute Gasteiger partial charge is 0.342 e. The SMILES string of the molecule is Cc1cc(Br)ccc1SCC(=O)N1CC[C@@H]2CNC[C@@H]2CC1.Cl. The van der Waals surface area contributed by atoms with Gasteiger partial charge in [-0.1, -0.05) is 15.9 Å². The number of amides is 1. The lowest BCUT2D eigenvalue weighted by molar-refractivity contribution is -0.128. The molecule has 0 radical (unpaired) electrons. The zero-order valence-electron chi connectivity index (χ0n) is 13.4. The molecule has 2 aliphatic heterocycles. The highest BCUT2D eigenvalue weighted by Gasteiger charge is 2.31. The van der Waals surface area contributed by atoms with Crippen LogP contribution in [0.15, 0.2) is 27.6 Å². The van der Waals surface area contributed by atoms with Crippen molar-refractivity contribution in [3.05, 3.63) is 28.2 Å². The van der Waals surface area contributed by atoms with Crippen molar-refractivity contribution in [1.29, 1.82) is 0 Å². The molecule has 0 spiro atoms. The number of aryl methyl sites for hydroxylation is 1. The summed E-state index contributed by atoms with van der Waals surface area (Å²) in [7, 11) is 0. The maximum absolute atomic E-state index is 12.5. The average molecular weight is 420 g/mol. The summed E-state index contributed by atoms with van der Waals surface area (Å²) in [4.78, 5) is 15.8. The van der Waals surface area contributed by atoms with E-state index in [9.17, 15) is 4.79 Å². The second kappa shape index (κ2) is 8.75. The van der Waals surface area contributed by atoms with Crippen molar-refractivity contribution in [2.45, 2.75) is 24.7 Å². The molecule has 0 unspecified atom stereocenters. The van der Waals surface area contributed by atoms with Crippen LogP contribution >= 0.6 is 40.1 Å². The van der Waals surface area contributed by atoms with E-state index in [4.69, 9.17) is 0 Å². The molecule has 2 atom stereocenters. The third-order valence-electron chi connectivity index (χ3n) is 4.86. The Morgan fingerprint density at radius 1 is 1.30 bits per heavy atom. The zero-order chi connectivity index (χ0) is 15.5. The monoisotopic (exact) mass is 418 g/mol. The van der Waals surface area contributed by atoms with E-state index < -0.39 is 0 Å². The van der Waals surface area contributed by atoms with Gasteiger partial charge in [-0.05, 0) is 68.5 Å². The summed E-state index contributed by atoms with van der Waals surface area (Å²) in [5, 5.41) is 3.48. The van der Waals surface area contributed by atoms with Crippen molar-refractivity contribution >= 4 is 46.0 Å². The van der Waals surface area contributed by atoms with Gasteiger partial charge in [-0.15, -0.1) is 24.2 Å². The number of rotatable bonds is 3. The van der Waals surface area contributed by atoms with E-state index in [1.54, 1.807) is 11.8 Å². The third kappa shape index (κ3) is 4.88. The molecular formula is C17H24BrClN2OS. The number of carbonyl (C=O) groups excluding carboxylic acids is 1. The summed E-state index contributed by atoms with van der Waals surface area (Å²) in [5.41, 5.74) is 1.23. The van der Waals surface area contributed by atoms with Crippen molar-refractivity contribution < 1.29 is 4.79 Å². The van der Waals surface area contributed by atoms with Gasteiger partial charge >= 0.3 is 0 Å². The number of nitrogens with zero attached hydrogens (tertiary/aromatic N) is 1. The van der Waals surface area contributed by atoms with Crippen molar-refractivity contribution in [2.75, 3.05) is 31.9 Å². The smallest absolute Gasteiger partial charge is 0.232 e. The van der Waals surface area contributed by atoms with Crippen LogP contribution in [0, 0.1) is 18.8 Å². The van der Waals surface area contributed by atoms with Crippen molar-refractivity contribution in [3.63, 3.8) is 0 Å². The molecule has 2 aliphatic rings. The Morgan fingerprint density at radius 2 is 1.96 bits per heavy atom. The normalized spacial score (nSPS) is 23.8. The molecule has 2 heterocycles. The molecular weight excluding hydrogens is 396 g/mol. The van der Waals surface area contributed by atoms with Crippen molar-refractivity contribution in [1.82, 2.24) is 10.2 Å². The maximum atomic E-state index is 12.5. The van der Waals surface area contributed by atoms with E-state index in [0.717, 1.165) is 55.3 Å². The molecule has 2 fully saturated rings. The van der Waals surface area contributed by atoms with Gasteiger partial charge in [0, 0.05) is 22.5 Å². The van der Waals surface area contributed by atoms with Gasteiger partial charge in [0.05, 0.1) is 5.75 Å². The highest BCUT2D eigenvalue weighted by molar-refractivity contribution is 9.10. The van der Waals surface area contributed by atoms with Crippen LogP contribution in [0.3, 0.4) is 0 Å². The van der Waals surface area contributed by atoms with Gasteiger partial charge in [0.1, 0.15) is 0 Å². The van der Waals surface area contributed by atoms with Gasteiger partial charge in [-0.3, -0.25) is 4.79 Å². The lowest BCUT2D eigenvalue weighted by Crippen LogP contribution is -2.34. The fraction of sp³-hybridized carbons (Fsp3) is 0.588. The first-order chi connectivity index (χ1) is 10.6. The molecule has 0 aromatic heterocycles. The zero-order valence-corrected chi connectivity index (χ0v) is 16.6. The minimum atomic E-state index is 0. The molecule has 23 heavy (non-hydrogen) atoms. The summed E-state index contributed by atoms with van der Waals surface area (Å²) in [6.07, 6.45) is 2.32. The van der Waals surface area contributed by atoms with Gasteiger partial charge in [-0.25, -0.2) is 0 Å². The summed E-state index contributed by atoms with van der Waals surface area (Å²) in [5.74, 6) is 2.40. The van der Waals surface area contributed by atoms with Crippen LogP contribution in [0.2, 0.25) is 0 Å². The van der Waals surface area contributed by atoms with Crippen molar-refractivity contribution in [2.24, 2.45) is 11.8 Å². The molecule has 1 N–H and O–H groups in total. The number of likely N-dealkylation sites (tertiary alicyclic amines) is 1. The number of thioether (sulfide) groups is 1. The second-order valence-electron chi connectivity index (χ2n) is 6.34. The molecule has 0 aliphatic carbocycles. The van der Waals surface area contributed by atoms with Gasteiger partial charge in [0.15, 0.2) is 0 Å². The quantitative estimate of drug-likeness (QED) is 0.758. The first-order valence-corrected chi connectivity index (χ1v) is 9.79. The first-order valence-electron chi connectivity index (χ1n) is 8.01. The summed E-state index contributed by atoms with van der Waals surface area (Å²) in [6, 6.07) is 6.24.